The van der Waals surface area contributed by atoms with Crippen LogP contribution in [0.25, 0.3) is 79.6 Å². The fourth-order valence-electron chi connectivity index (χ4n) is 9.76. The Morgan fingerprint density at radius 3 is 1.16 bits per heavy atom. The van der Waals surface area contributed by atoms with E-state index in [0.717, 1.165) is 90.3 Å². The van der Waals surface area contributed by atoms with Gasteiger partial charge in [0.2, 0.25) is 35.4 Å². The molecule has 0 aliphatic carbocycles. The summed E-state index contributed by atoms with van der Waals surface area (Å²) in [5, 5.41) is 11.7. The number of nitrogens with one attached hydrogen (secondary N) is 1. The van der Waals surface area contributed by atoms with E-state index in [0.29, 0.717) is 57.9 Å². The van der Waals surface area contributed by atoms with Gasteiger partial charge in [-0.15, -0.1) is 0 Å². The second kappa shape index (κ2) is 39.6. The molecule has 14 rings (SSSR count). The molecule has 26 heteroatoms. The second-order valence-corrected chi connectivity index (χ2v) is 24.2. The van der Waals surface area contributed by atoms with E-state index in [4.69, 9.17) is 72.1 Å². The van der Waals surface area contributed by atoms with Gasteiger partial charge in [-0.3, -0.25) is 14.9 Å². The molecule has 109 heavy (non-hydrogen) atoms. The van der Waals surface area contributed by atoms with Crippen molar-refractivity contribution in [3.05, 3.63) is 255 Å². The van der Waals surface area contributed by atoms with Crippen LogP contribution in [0.3, 0.4) is 0 Å². The summed E-state index contributed by atoms with van der Waals surface area (Å²) in [7, 11) is 13.7. The van der Waals surface area contributed by atoms with Crippen molar-refractivity contribution in [3.8, 4) is 120 Å². The van der Waals surface area contributed by atoms with Gasteiger partial charge in [0.05, 0.1) is 42.7 Å². The number of nitrogen functional groups attached to an aromatic ring is 1. The largest absolute Gasteiger partial charge is 0.497 e. The number of carbonyl (C=O) groups is 3. The Bertz CT molecular complexity index is 5110. The molecule has 0 saturated carbocycles. The third kappa shape index (κ3) is 24.3. The van der Waals surface area contributed by atoms with Crippen LogP contribution in [0.4, 0.5) is 21.9 Å². The van der Waals surface area contributed by atoms with Gasteiger partial charge in [-0.25, -0.2) is 19.7 Å². The van der Waals surface area contributed by atoms with E-state index in [1.54, 1.807) is 110 Å². The van der Waals surface area contributed by atoms with Crippen LogP contribution >= 0.6 is 0 Å². The molecule has 3 amide bonds. The first-order valence-electron chi connectivity index (χ1n) is 33.3. The van der Waals surface area contributed by atoms with E-state index < -0.39 is 17.6 Å². The van der Waals surface area contributed by atoms with Crippen LogP contribution in [-0.4, -0.2) is 118 Å². The van der Waals surface area contributed by atoms with Crippen molar-refractivity contribution in [3.63, 3.8) is 0 Å². The smallest absolute Gasteiger partial charge is 0.412 e. The number of nitrogens with two attached hydrogens (primary N) is 2. The SMILES string of the molecule is COc1cccc(-c2nc(-c3ccc(N(C)C)cc3)co2)c1.COc1cccc(-c2nc(-c3ccc(N)cc3)co2)c1.COc1cccc(-c2nc(-c3ccc(NC(=O)OC(C)(C)C)cc3)co2)c1.COc1cccc(-c2nc(O)co2)c1.COc1cccc(C(N)=O)c1.COc1cccc(C2=NC(=O)CO2)c1.[Ti]. The van der Waals surface area contributed by atoms with Gasteiger partial charge >= 0.3 is 6.09 Å². The van der Waals surface area contributed by atoms with Crippen LogP contribution in [-0.2, 0) is 36.0 Å². The number of nitrogens with zero attached hydrogens (tertiary/aromatic N) is 6. The number of oxazole rings is 4. The predicted molar refractivity (Wildman–Crippen MR) is 413 cm³/mol. The van der Waals surface area contributed by atoms with Gasteiger partial charge in [-0.2, -0.15) is 9.98 Å². The first kappa shape index (κ1) is 81.3. The molecule has 0 radical (unpaired) electrons. The first-order chi connectivity index (χ1) is 52.1. The van der Waals surface area contributed by atoms with Crippen LogP contribution in [0, 0.1) is 0 Å². The van der Waals surface area contributed by atoms with Gasteiger partial charge in [0.1, 0.15) is 76.0 Å². The van der Waals surface area contributed by atoms with Crippen molar-refractivity contribution < 1.29 is 96.8 Å². The summed E-state index contributed by atoms with van der Waals surface area (Å²) < 4.78 is 62.8. The van der Waals surface area contributed by atoms with Crippen molar-refractivity contribution in [2.45, 2.75) is 26.4 Å². The molecule has 6 N–H and O–H groups in total. The van der Waals surface area contributed by atoms with Gasteiger partial charge in [0, 0.05) is 103 Å². The predicted octanol–water partition coefficient (Wildman–Crippen LogP) is 16.9. The number of hydrogen-bond donors (Lipinski definition) is 4. The molecule has 0 unspecified atom stereocenters. The van der Waals surface area contributed by atoms with Crippen LogP contribution in [0.5, 0.6) is 40.4 Å². The molecule has 13 aromatic rings. The maximum atomic E-state index is 11.8. The summed E-state index contributed by atoms with van der Waals surface area (Å²) in [6, 6.07) is 67.1. The van der Waals surface area contributed by atoms with E-state index in [2.05, 4.69) is 47.3 Å². The van der Waals surface area contributed by atoms with E-state index >= 15 is 0 Å². The molecule has 4 aromatic heterocycles. The molecular formula is C83H81N9O16Ti. The van der Waals surface area contributed by atoms with Crippen LogP contribution < -0.4 is 50.1 Å². The van der Waals surface area contributed by atoms with Crippen molar-refractivity contribution in [2.75, 3.05) is 79.3 Å². The Balaban J connectivity index is 0.000000168. The van der Waals surface area contributed by atoms with E-state index in [9.17, 15) is 14.4 Å². The zero-order valence-electron chi connectivity index (χ0n) is 61.7. The number of hydrogen-bond acceptors (Lipinski definition) is 22. The standard InChI is InChI=1S/C21H22N2O4.C18H18N2O2.C16H14N2O2.2C10H9NO3.C8H9NO2.Ti/c1-21(2,3)27-20(24)22-16-10-8-14(9-11-16)18-13-26-19(23-18)15-6-5-7-17(12-15)25-4;1-20(2)15-9-7-13(8-10-15)17-12-22-18(19-17)14-5-4-6-16(11-14)21-3;1-19-14-4-2-3-12(9-14)16-18-15(10-20-16)11-5-7-13(17)8-6-11;2*1-13-8-4-2-3-7(5-8)10-11-9(12)6-14-10;1-11-7-4-2-3-6(5-7)8(9)10;/h5-13H,1-4H3,(H,22,24);4-12H,1-3H3;2-10H,17H2,1H3;2-5H,6H2,1H3;2-6,12H,1H3;2-5H,1H3,(H2,9,10);. The normalized spacial score (nSPS) is 10.9. The average molecular weight is 1510 g/mol. The molecule has 558 valence electrons. The molecule has 0 spiro atoms. The number of ether oxygens (including phenoxy) is 8. The molecule has 1 aliphatic rings. The summed E-state index contributed by atoms with van der Waals surface area (Å²) in [5.41, 5.74) is 22.5. The van der Waals surface area contributed by atoms with Crippen molar-refractivity contribution >= 4 is 40.9 Å². The van der Waals surface area contributed by atoms with Crippen molar-refractivity contribution in [2.24, 2.45) is 10.7 Å². The van der Waals surface area contributed by atoms with Crippen LogP contribution in [0.15, 0.2) is 266 Å². The number of carbonyl (C=O) groups excluding carboxylic acids is 3. The number of aromatic hydroxyl groups is 1. The number of amides is 3. The van der Waals surface area contributed by atoms with Gasteiger partial charge in [-0.1, -0.05) is 72.8 Å². The summed E-state index contributed by atoms with van der Waals surface area (Å²) in [4.78, 5) is 56.5. The summed E-state index contributed by atoms with van der Waals surface area (Å²) in [6.45, 7) is 5.49. The molecule has 1 aliphatic heterocycles. The number of rotatable bonds is 17. The van der Waals surface area contributed by atoms with Gasteiger partial charge in [-0.05, 0) is 166 Å². The Kier molecular flexibility index (Phi) is 29.6. The average Bonchev–Trinajstić information content (AvgIpc) is 1.69. The zero-order valence-corrected chi connectivity index (χ0v) is 63.3. The number of benzene rings is 9. The fraction of sp³-hybridized carbons (Fsp3) is 0.157. The summed E-state index contributed by atoms with van der Waals surface area (Å²) >= 11 is 0. The molecule has 0 atom stereocenters. The first-order valence-corrected chi connectivity index (χ1v) is 33.3. The van der Waals surface area contributed by atoms with Gasteiger partial charge in [0.15, 0.2) is 12.9 Å². The fourth-order valence-corrected chi connectivity index (χ4v) is 9.76. The number of aliphatic imine (C=N–C) groups is 1. The number of methoxy groups -OCH3 is 6. The topological polar surface area (TPSA) is 329 Å². The van der Waals surface area contributed by atoms with Crippen LogP contribution in [0.2, 0.25) is 0 Å². The Labute approximate surface area is 644 Å². The maximum Gasteiger partial charge on any atom is 0.412 e. The van der Waals surface area contributed by atoms with Crippen molar-refractivity contribution in [1.29, 1.82) is 0 Å². The minimum atomic E-state index is -0.540. The molecule has 0 fully saturated rings. The minimum absolute atomic E-state index is 0. The number of primary amides is 1. The van der Waals surface area contributed by atoms with Gasteiger partial charge in [0.25, 0.3) is 11.8 Å². The Morgan fingerprint density at radius 2 is 0.807 bits per heavy atom. The zero-order chi connectivity index (χ0) is 77.1. The molecule has 0 saturated heterocycles. The molecule has 5 heterocycles. The van der Waals surface area contributed by atoms with E-state index in [1.807, 2.05) is 193 Å². The third-order valence-corrected chi connectivity index (χ3v) is 15.2. The molecule has 0 bridgehead atoms. The molecular weight excluding hydrogens is 1430 g/mol. The van der Waals surface area contributed by atoms with E-state index in [-0.39, 0.29) is 40.1 Å². The summed E-state index contributed by atoms with van der Waals surface area (Å²) in [5.74, 6) is 5.98. The molecule has 9 aromatic carbocycles. The minimum Gasteiger partial charge on any atom is -0.497 e. The summed E-state index contributed by atoms with van der Waals surface area (Å²) in [6.07, 6.45) is 5.62. The quantitative estimate of drug-likeness (QED) is 0.0486. The molecule has 25 nitrogen and oxygen atoms in total. The monoisotopic (exact) mass is 1510 g/mol. The number of anilines is 3. The van der Waals surface area contributed by atoms with Crippen LogP contribution in [0.1, 0.15) is 36.7 Å². The number of aromatic nitrogens is 4. The second-order valence-electron chi connectivity index (χ2n) is 24.2. The Morgan fingerprint density at radius 1 is 0.459 bits per heavy atom. The van der Waals surface area contributed by atoms with Crippen molar-refractivity contribution in [1.82, 2.24) is 19.9 Å². The Hall–Kier alpha value is -13.4. The van der Waals surface area contributed by atoms with Gasteiger partial charge < -0.3 is 77.0 Å². The third-order valence-electron chi connectivity index (χ3n) is 15.2. The maximum absolute atomic E-state index is 11.8. The van der Waals surface area contributed by atoms with E-state index in [1.165, 1.54) is 6.26 Å².